The minimum Gasteiger partial charge on any atom is -0.496 e. The van der Waals surface area contributed by atoms with Crippen molar-refractivity contribution >= 4 is 22.8 Å². The van der Waals surface area contributed by atoms with Crippen molar-refractivity contribution in [3.8, 4) is 5.75 Å². The molecule has 0 saturated carbocycles. The molecular weight excluding hydrogens is 562 g/mol. The number of H-pyrrole nitrogens is 1. The molecule has 4 aromatic carbocycles. The van der Waals surface area contributed by atoms with Crippen LogP contribution in [0.25, 0.3) is 10.9 Å². The first kappa shape index (κ1) is 31.5. The summed E-state index contributed by atoms with van der Waals surface area (Å²) in [7, 11) is 1.61. The number of nitrogens with zero attached hydrogens (tertiary/aromatic N) is 2. The highest BCUT2D eigenvalue weighted by atomic mass is 16.5. The molecule has 8 nitrogen and oxygen atoms in total. The Labute approximate surface area is 264 Å². The van der Waals surface area contributed by atoms with E-state index in [9.17, 15) is 9.59 Å². The van der Waals surface area contributed by atoms with E-state index in [2.05, 4.69) is 27.3 Å². The molecule has 4 N–H and O–H groups in total. The first-order chi connectivity index (χ1) is 21.9. The highest BCUT2D eigenvalue weighted by Crippen LogP contribution is 2.37. The van der Waals surface area contributed by atoms with E-state index in [4.69, 9.17) is 15.5 Å². The number of methoxy groups -OCH3 is 1. The van der Waals surface area contributed by atoms with Crippen LogP contribution in [0.3, 0.4) is 0 Å². The van der Waals surface area contributed by atoms with Gasteiger partial charge in [0.05, 0.1) is 23.4 Å². The first-order valence-electron chi connectivity index (χ1n) is 15.3. The van der Waals surface area contributed by atoms with E-state index in [1.807, 2.05) is 97.9 Å². The van der Waals surface area contributed by atoms with E-state index in [-0.39, 0.29) is 11.5 Å². The van der Waals surface area contributed by atoms with Gasteiger partial charge in [0, 0.05) is 32.2 Å². The fourth-order valence-corrected chi connectivity index (χ4v) is 5.83. The molecule has 1 aliphatic rings. The van der Waals surface area contributed by atoms with Gasteiger partial charge in [0.15, 0.2) is 0 Å². The Morgan fingerprint density at radius 1 is 0.911 bits per heavy atom. The van der Waals surface area contributed by atoms with Crippen molar-refractivity contribution in [3.05, 3.63) is 136 Å². The molecule has 0 radical (unpaired) electrons. The van der Waals surface area contributed by atoms with Crippen molar-refractivity contribution in [1.29, 1.82) is 0 Å². The molecule has 0 unspecified atom stereocenters. The number of hydrogen-bond acceptors (Lipinski definition) is 6. The van der Waals surface area contributed by atoms with Gasteiger partial charge in [-0.1, -0.05) is 91.0 Å². The topological polar surface area (TPSA) is 113 Å². The van der Waals surface area contributed by atoms with Gasteiger partial charge in [0.2, 0.25) is 11.9 Å². The average Bonchev–Trinajstić information content (AvgIpc) is 3.09. The number of aromatic nitrogens is 2. The standard InChI is InChI=1S/C30H32N4O3.C7H9N/c1-21-17-24-25(18-26(21)37-2)32-29(33-27(24)35)34-15-13-30(14-16-34,19-22-9-5-3-6-10-22)28(36)31-20-23-11-7-4-8-12-23;8-6-7-4-2-1-3-5-7/h3-12,17-18H,13-16,19-20H2,1-2H3,(H,31,36)(H,32,33,35);1-5H,6,8H2. The second-order valence-corrected chi connectivity index (χ2v) is 11.5. The Kier molecular flexibility index (Phi) is 10.3. The molecule has 8 heteroatoms. The number of nitrogens with two attached hydrogens (primary N) is 1. The second kappa shape index (κ2) is 14.7. The number of carbonyl (C=O) groups excluding carboxylic acids is 1. The lowest BCUT2D eigenvalue weighted by Crippen LogP contribution is -2.50. The number of nitrogens with one attached hydrogen (secondary N) is 2. The Morgan fingerprint density at radius 2 is 1.49 bits per heavy atom. The molecule has 232 valence electrons. The van der Waals surface area contributed by atoms with E-state index in [0.717, 1.165) is 16.7 Å². The molecule has 0 bridgehead atoms. The summed E-state index contributed by atoms with van der Waals surface area (Å²) in [6.45, 7) is 4.28. The van der Waals surface area contributed by atoms with Crippen LogP contribution in [0.15, 0.2) is 108 Å². The number of anilines is 1. The lowest BCUT2D eigenvalue weighted by molar-refractivity contribution is -0.132. The number of benzene rings is 4. The molecule has 5 aromatic rings. The number of rotatable bonds is 8. The van der Waals surface area contributed by atoms with Crippen LogP contribution >= 0.6 is 0 Å². The predicted molar refractivity (Wildman–Crippen MR) is 180 cm³/mol. The van der Waals surface area contributed by atoms with Crippen LogP contribution < -0.4 is 26.2 Å². The summed E-state index contributed by atoms with van der Waals surface area (Å²) in [6.07, 6.45) is 1.98. The van der Waals surface area contributed by atoms with Gasteiger partial charge in [-0.15, -0.1) is 0 Å². The zero-order chi connectivity index (χ0) is 31.6. The van der Waals surface area contributed by atoms with Gasteiger partial charge in [-0.25, -0.2) is 4.98 Å². The van der Waals surface area contributed by atoms with E-state index in [0.29, 0.717) is 68.0 Å². The largest absolute Gasteiger partial charge is 0.496 e. The van der Waals surface area contributed by atoms with Crippen LogP contribution in [0.4, 0.5) is 5.95 Å². The lowest BCUT2D eigenvalue weighted by atomic mass is 9.73. The second-order valence-electron chi connectivity index (χ2n) is 11.5. The summed E-state index contributed by atoms with van der Waals surface area (Å²) in [5, 5.41) is 3.73. The smallest absolute Gasteiger partial charge is 0.260 e. The summed E-state index contributed by atoms with van der Waals surface area (Å²) in [5.74, 6) is 1.30. The average molecular weight is 604 g/mol. The van der Waals surface area contributed by atoms with Crippen LogP contribution in [-0.2, 0) is 24.3 Å². The fourth-order valence-electron chi connectivity index (χ4n) is 5.83. The number of piperidine rings is 1. The molecule has 0 aliphatic carbocycles. The molecule has 1 aromatic heterocycles. The molecule has 1 amide bonds. The van der Waals surface area contributed by atoms with Gasteiger partial charge < -0.3 is 20.7 Å². The Bertz CT molecular complexity index is 1750. The Hall–Kier alpha value is -4.95. The van der Waals surface area contributed by atoms with Gasteiger partial charge in [-0.3, -0.25) is 14.6 Å². The van der Waals surface area contributed by atoms with Crippen LogP contribution in [0.2, 0.25) is 0 Å². The van der Waals surface area contributed by atoms with Crippen LogP contribution in [0.1, 0.15) is 35.1 Å². The number of ether oxygens (including phenoxy) is 1. The van der Waals surface area contributed by atoms with Crippen molar-refractivity contribution < 1.29 is 9.53 Å². The summed E-state index contributed by atoms with van der Waals surface area (Å²) >= 11 is 0. The van der Waals surface area contributed by atoms with Crippen molar-refractivity contribution in [2.24, 2.45) is 11.1 Å². The highest BCUT2D eigenvalue weighted by Gasteiger charge is 2.41. The molecular formula is C37H41N5O3. The van der Waals surface area contributed by atoms with E-state index < -0.39 is 5.41 Å². The summed E-state index contributed by atoms with van der Waals surface area (Å²) in [6, 6.07) is 33.8. The van der Waals surface area contributed by atoms with Gasteiger partial charge >= 0.3 is 0 Å². The number of aromatic amines is 1. The molecule has 0 atom stereocenters. The summed E-state index contributed by atoms with van der Waals surface area (Å²) in [4.78, 5) is 36.3. The molecule has 1 fully saturated rings. The zero-order valence-electron chi connectivity index (χ0n) is 26.0. The predicted octanol–water partition coefficient (Wildman–Crippen LogP) is 5.53. The van der Waals surface area contributed by atoms with Crippen LogP contribution in [0, 0.1) is 12.3 Å². The lowest BCUT2D eigenvalue weighted by Gasteiger charge is -2.41. The minimum atomic E-state index is -0.538. The number of amides is 1. The summed E-state index contributed by atoms with van der Waals surface area (Å²) < 4.78 is 5.43. The van der Waals surface area contributed by atoms with Crippen molar-refractivity contribution in [2.75, 3.05) is 25.1 Å². The van der Waals surface area contributed by atoms with Crippen molar-refractivity contribution in [3.63, 3.8) is 0 Å². The van der Waals surface area contributed by atoms with Gasteiger partial charge in [0.25, 0.3) is 5.56 Å². The number of hydrogen-bond donors (Lipinski definition) is 3. The van der Waals surface area contributed by atoms with Crippen LogP contribution in [0.5, 0.6) is 5.75 Å². The third-order valence-corrected chi connectivity index (χ3v) is 8.47. The maximum Gasteiger partial charge on any atom is 0.260 e. The number of fused-ring (bicyclic) bond motifs is 1. The third kappa shape index (κ3) is 7.77. The fraction of sp³-hybridized carbons (Fsp3) is 0.270. The number of carbonyl (C=O) groups is 1. The molecule has 2 heterocycles. The maximum atomic E-state index is 13.7. The van der Waals surface area contributed by atoms with Gasteiger partial charge in [0.1, 0.15) is 5.75 Å². The van der Waals surface area contributed by atoms with Crippen molar-refractivity contribution in [2.45, 2.75) is 39.3 Å². The number of aryl methyl sites for hydroxylation is 1. The summed E-state index contributed by atoms with van der Waals surface area (Å²) in [5.41, 5.74) is 9.53. The monoisotopic (exact) mass is 603 g/mol. The quantitative estimate of drug-likeness (QED) is 0.215. The first-order valence-corrected chi connectivity index (χ1v) is 15.3. The van der Waals surface area contributed by atoms with Crippen LogP contribution in [-0.4, -0.2) is 36.1 Å². The molecule has 0 spiro atoms. The van der Waals surface area contributed by atoms with E-state index in [1.54, 1.807) is 7.11 Å². The third-order valence-electron chi connectivity index (χ3n) is 8.47. The normalized spacial score (nSPS) is 13.9. The van der Waals surface area contributed by atoms with Gasteiger partial charge in [-0.05, 0) is 54.5 Å². The zero-order valence-corrected chi connectivity index (χ0v) is 26.0. The highest BCUT2D eigenvalue weighted by molar-refractivity contribution is 5.84. The molecule has 6 rings (SSSR count). The minimum absolute atomic E-state index is 0.0695. The van der Waals surface area contributed by atoms with E-state index in [1.165, 1.54) is 5.56 Å². The van der Waals surface area contributed by atoms with Gasteiger partial charge in [-0.2, -0.15) is 0 Å². The van der Waals surface area contributed by atoms with E-state index >= 15 is 0 Å². The Morgan fingerprint density at radius 3 is 2.04 bits per heavy atom. The van der Waals surface area contributed by atoms with Crippen molar-refractivity contribution in [1.82, 2.24) is 15.3 Å². The SMILES string of the molecule is COc1cc2nc(N3CCC(Cc4ccccc4)(C(=O)NCc4ccccc4)CC3)[nH]c(=O)c2cc1C.NCc1ccccc1. The Balaban J connectivity index is 0.000000436. The maximum absolute atomic E-state index is 13.7. The molecule has 1 aliphatic heterocycles. The molecule has 45 heavy (non-hydrogen) atoms. The molecule has 1 saturated heterocycles.